The lowest BCUT2D eigenvalue weighted by atomic mass is 9.95. The molecule has 2 atom stereocenters. The van der Waals surface area contributed by atoms with Gasteiger partial charge in [-0.2, -0.15) is 0 Å². The molecule has 19 heavy (non-hydrogen) atoms. The molecule has 106 valence electrons. The molecule has 1 saturated carbocycles. The summed E-state index contributed by atoms with van der Waals surface area (Å²) in [7, 11) is 0. The van der Waals surface area contributed by atoms with Gasteiger partial charge in [0.2, 0.25) is 5.91 Å². The van der Waals surface area contributed by atoms with Gasteiger partial charge in [0.1, 0.15) is 0 Å². The molecule has 1 aromatic carbocycles. The molecule has 0 aliphatic heterocycles. The number of hydrogen-bond acceptors (Lipinski definition) is 2. The van der Waals surface area contributed by atoms with Crippen molar-refractivity contribution >= 4 is 29.9 Å². The Morgan fingerprint density at radius 1 is 1.32 bits per heavy atom. The first-order valence-electron chi connectivity index (χ1n) is 6.43. The molecule has 1 fully saturated rings. The van der Waals surface area contributed by atoms with Crippen molar-refractivity contribution in [3.05, 3.63) is 34.9 Å². The summed E-state index contributed by atoms with van der Waals surface area (Å²) in [5.41, 5.74) is 6.76. The maximum atomic E-state index is 12.1. The summed E-state index contributed by atoms with van der Waals surface area (Å²) in [5, 5.41) is 3.70. The van der Waals surface area contributed by atoms with E-state index in [1.165, 1.54) is 0 Å². The Morgan fingerprint density at radius 2 is 2.00 bits per heavy atom. The molecule has 1 amide bonds. The molecule has 3 nitrogen and oxygen atoms in total. The topological polar surface area (TPSA) is 55.1 Å². The number of nitrogens with two attached hydrogens (primary N) is 1. The van der Waals surface area contributed by atoms with Gasteiger partial charge in [-0.25, -0.2) is 0 Å². The van der Waals surface area contributed by atoms with Gasteiger partial charge in [-0.3, -0.25) is 4.79 Å². The summed E-state index contributed by atoms with van der Waals surface area (Å²) >= 11 is 5.81. The van der Waals surface area contributed by atoms with E-state index in [-0.39, 0.29) is 24.2 Å². The molecule has 2 rings (SSSR count). The van der Waals surface area contributed by atoms with Crippen LogP contribution in [0.1, 0.15) is 24.8 Å². The van der Waals surface area contributed by atoms with Crippen molar-refractivity contribution < 1.29 is 4.79 Å². The van der Waals surface area contributed by atoms with Crippen molar-refractivity contribution in [2.45, 2.75) is 25.8 Å². The van der Waals surface area contributed by atoms with Gasteiger partial charge in [0, 0.05) is 17.5 Å². The zero-order chi connectivity index (χ0) is 13.0. The van der Waals surface area contributed by atoms with Crippen molar-refractivity contribution in [2.24, 2.45) is 17.6 Å². The van der Waals surface area contributed by atoms with Crippen molar-refractivity contribution in [2.75, 3.05) is 6.54 Å². The Labute approximate surface area is 125 Å². The highest BCUT2D eigenvalue weighted by molar-refractivity contribution is 6.30. The van der Waals surface area contributed by atoms with Gasteiger partial charge in [-0.15, -0.1) is 12.4 Å². The Morgan fingerprint density at radius 3 is 2.63 bits per heavy atom. The zero-order valence-electron chi connectivity index (χ0n) is 10.8. The van der Waals surface area contributed by atoms with Crippen LogP contribution in [0.4, 0.5) is 0 Å². The van der Waals surface area contributed by atoms with Gasteiger partial charge in [-0.1, -0.05) is 30.2 Å². The highest BCUT2D eigenvalue weighted by atomic mass is 35.5. The zero-order valence-corrected chi connectivity index (χ0v) is 12.3. The monoisotopic (exact) mass is 302 g/mol. The average Bonchev–Trinajstić information content (AvgIpc) is 2.86. The molecule has 3 N–H and O–H groups in total. The van der Waals surface area contributed by atoms with Gasteiger partial charge in [-0.05, 0) is 43.0 Å². The SMILES string of the molecule is Cl.NC[C@H]1CCC[C@H]1C(=O)NCc1ccc(Cl)cc1. The van der Waals surface area contributed by atoms with Crippen LogP contribution < -0.4 is 11.1 Å². The second kappa shape index (κ2) is 7.73. The van der Waals surface area contributed by atoms with Crippen LogP contribution in [0.25, 0.3) is 0 Å². The van der Waals surface area contributed by atoms with E-state index in [1.807, 2.05) is 24.3 Å². The maximum absolute atomic E-state index is 12.1. The molecule has 0 heterocycles. The van der Waals surface area contributed by atoms with E-state index >= 15 is 0 Å². The molecule has 0 radical (unpaired) electrons. The van der Waals surface area contributed by atoms with E-state index in [4.69, 9.17) is 17.3 Å². The van der Waals surface area contributed by atoms with Crippen molar-refractivity contribution in [1.82, 2.24) is 5.32 Å². The fourth-order valence-corrected chi connectivity index (χ4v) is 2.71. The van der Waals surface area contributed by atoms with Gasteiger partial charge in [0.15, 0.2) is 0 Å². The minimum Gasteiger partial charge on any atom is -0.352 e. The van der Waals surface area contributed by atoms with Crippen LogP contribution in [-0.4, -0.2) is 12.5 Å². The number of rotatable bonds is 4. The molecule has 1 aliphatic rings. The predicted molar refractivity (Wildman–Crippen MR) is 80.4 cm³/mol. The van der Waals surface area contributed by atoms with Crippen LogP contribution in [0.5, 0.6) is 0 Å². The first kappa shape index (κ1) is 16.3. The Balaban J connectivity index is 0.00000180. The Hall–Kier alpha value is -0.770. The van der Waals surface area contributed by atoms with Crippen LogP contribution in [0.3, 0.4) is 0 Å². The van der Waals surface area contributed by atoms with Gasteiger partial charge in [0.25, 0.3) is 0 Å². The van der Waals surface area contributed by atoms with Crippen molar-refractivity contribution in [3.63, 3.8) is 0 Å². The fraction of sp³-hybridized carbons (Fsp3) is 0.500. The number of carbonyl (C=O) groups excluding carboxylic acids is 1. The third kappa shape index (κ3) is 4.37. The molecule has 5 heteroatoms. The van der Waals surface area contributed by atoms with E-state index in [0.717, 1.165) is 24.8 Å². The minimum atomic E-state index is 0. The Kier molecular flexibility index (Phi) is 6.63. The largest absolute Gasteiger partial charge is 0.352 e. The maximum Gasteiger partial charge on any atom is 0.223 e. The lowest BCUT2D eigenvalue weighted by molar-refractivity contribution is -0.126. The van der Waals surface area contributed by atoms with Crippen molar-refractivity contribution in [3.8, 4) is 0 Å². The molecule has 0 unspecified atom stereocenters. The third-order valence-electron chi connectivity index (χ3n) is 3.68. The summed E-state index contributed by atoms with van der Waals surface area (Å²) in [6.45, 7) is 1.17. The highest BCUT2D eigenvalue weighted by Crippen LogP contribution is 2.30. The summed E-state index contributed by atoms with van der Waals surface area (Å²) in [6.07, 6.45) is 3.16. The van der Waals surface area contributed by atoms with Crippen LogP contribution >= 0.6 is 24.0 Å². The standard InChI is InChI=1S/C14H19ClN2O.ClH/c15-12-6-4-10(5-7-12)9-17-14(18)13-3-1-2-11(13)8-16;/h4-7,11,13H,1-3,8-9,16H2,(H,17,18);1H/t11-,13-;/m1./s1. The summed E-state index contributed by atoms with van der Waals surface area (Å²) in [4.78, 5) is 12.1. The molecular weight excluding hydrogens is 283 g/mol. The predicted octanol–water partition coefficient (Wildman–Crippen LogP) is 2.75. The quantitative estimate of drug-likeness (QED) is 0.898. The first-order valence-corrected chi connectivity index (χ1v) is 6.80. The molecule has 0 bridgehead atoms. The Bertz CT molecular complexity index is 408. The van der Waals surface area contributed by atoms with E-state index < -0.39 is 0 Å². The van der Waals surface area contributed by atoms with Gasteiger partial charge >= 0.3 is 0 Å². The molecule has 0 saturated heterocycles. The lowest BCUT2D eigenvalue weighted by Gasteiger charge is -2.17. The van der Waals surface area contributed by atoms with E-state index in [9.17, 15) is 4.79 Å². The number of nitrogens with one attached hydrogen (secondary N) is 1. The van der Waals surface area contributed by atoms with Crippen LogP contribution in [0.2, 0.25) is 5.02 Å². The summed E-state index contributed by atoms with van der Waals surface area (Å²) in [6, 6.07) is 7.53. The van der Waals surface area contributed by atoms with E-state index in [2.05, 4.69) is 5.32 Å². The van der Waals surface area contributed by atoms with Gasteiger partial charge < -0.3 is 11.1 Å². The molecule has 1 aromatic rings. The molecule has 0 aromatic heterocycles. The molecular formula is C14H20Cl2N2O. The second-order valence-corrected chi connectivity index (χ2v) is 5.31. The smallest absolute Gasteiger partial charge is 0.223 e. The fourth-order valence-electron chi connectivity index (χ4n) is 2.59. The average molecular weight is 303 g/mol. The van der Waals surface area contributed by atoms with Crippen LogP contribution in [0.15, 0.2) is 24.3 Å². The summed E-state index contributed by atoms with van der Waals surface area (Å²) in [5.74, 6) is 0.593. The number of halogens is 2. The van der Waals surface area contributed by atoms with E-state index in [0.29, 0.717) is 24.0 Å². The number of amides is 1. The van der Waals surface area contributed by atoms with Crippen molar-refractivity contribution in [1.29, 1.82) is 0 Å². The first-order chi connectivity index (χ1) is 8.70. The van der Waals surface area contributed by atoms with Crippen LogP contribution in [-0.2, 0) is 11.3 Å². The second-order valence-electron chi connectivity index (χ2n) is 4.88. The lowest BCUT2D eigenvalue weighted by Crippen LogP contribution is -2.34. The van der Waals surface area contributed by atoms with Crippen LogP contribution in [0, 0.1) is 11.8 Å². The molecule has 1 aliphatic carbocycles. The normalized spacial score (nSPS) is 21.8. The number of benzene rings is 1. The number of hydrogen-bond donors (Lipinski definition) is 2. The number of carbonyl (C=O) groups is 1. The van der Waals surface area contributed by atoms with Gasteiger partial charge in [0.05, 0.1) is 0 Å². The summed E-state index contributed by atoms with van der Waals surface area (Å²) < 4.78 is 0. The third-order valence-corrected chi connectivity index (χ3v) is 3.93. The molecule has 0 spiro atoms. The van der Waals surface area contributed by atoms with E-state index in [1.54, 1.807) is 0 Å². The minimum absolute atomic E-state index is 0. The highest BCUT2D eigenvalue weighted by Gasteiger charge is 2.31.